The van der Waals surface area contributed by atoms with Crippen molar-refractivity contribution in [2.75, 3.05) is 13.7 Å². The molecule has 0 radical (unpaired) electrons. The molecule has 0 fully saturated rings. The summed E-state index contributed by atoms with van der Waals surface area (Å²) in [7, 11) is 1.52. The van der Waals surface area contributed by atoms with Crippen LogP contribution >= 0.6 is 11.6 Å². The van der Waals surface area contributed by atoms with E-state index < -0.39 is 5.91 Å². The standard InChI is InChI=1S/C21H19ClN2O3/c1-3-10-24-21(25)17(13-23)11-15-8-9-19(20(12-15)26-2)27-14-16-6-4-5-7-18(16)22/h3-9,11-12H,1,10,14H2,2H3,(H,24,25). The average molecular weight is 383 g/mol. The normalized spacial score (nSPS) is 10.6. The molecular formula is C21H19ClN2O3. The van der Waals surface area contributed by atoms with Gasteiger partial charge >= 0.3 is 0 Å². The highest BCUT2D eigenvalue weighted by Gasteiger charge is 2.10. The summed E-state index contributed by atoms with van der Waals surface area (Å²) >= 11 is 6.13. The molecule has 0 aliphatic rings. The van der Waals surface area contributed by atoms with Gasteiger partial charge in [0.05, 0.1) is 7.11 Å². The molecule has 2 rings (SSSR count). The molecule has 6 heteroatoms. The third kappa shape index (κ3) is 5.63. The van der Waals surface area contributed by atoms with E-state index in [9.17, 15) is 10.1 Å². The summed E-state index contributed by atoms with van der Waals surface area (Å²) in [5.41, 5.74) is 1.49. The van der Waals surface area contributed by atoms with E-state index in [1.807, 2.05) is 24.3 Å². The zero-order valence-electron chi connectivity index (χ0n) is 14.9. The molecule has 138 valence electrons. The van der Waals surface area contributed by atoms with Crippen molar-refractivity contribution in [3.8, 4) is 17.6 Å². The van der Waals surface area contributed by atoms with Crippen LogP contribution in [0.1, 0.15) is 11.1 Å². The second-order valence-electron chi connectivity index (χ2n) is 5.46. The highest BCUT2D eigenvalue weighted by atomic mass is 35.5. The summed E-state index contributed by atoms with van der Waals surface area (Å²) in [5, 5.41) is 12.4. The molecule has 1 N–H and O–H groups in total. The van der Waals surface area contributed by atoms with Crippen LogP contribution in [-0.4, -0.2) is 19.6 Å². The lowest BCUT2D eigenvalue weighted by atomic mass is 10.1. The van der Waals surface area contributed by atoms with Gasteiger partial charge in [0, 0.05) is 17.1 Å². The molecule has 27 heavy (non-hydrogen) atoms. The van der Waals surface area contributed by atoms with Gasteiger partial charge in [0.15, 0.2) is 11.5 Å². The molecule has 0 heterocycles. The zero-order chi connectivity index (χ0) is 19.6. The van der Waals surface area contributed by atoms with Crippen molar-refractivity contribution in [1.29, 1.82) is 5.26 Å². The summed E-state index contributed by atoms with van der Waals surface area (Å²) in [4.78, 5) is 11.9. The van der Waals surface area contributed by atoms with Crippen LogP contribution in [0.5, 0.6) is 11.5 Å². The van der Waals surface area contributed by atoms with Crippen LogP contribution in [0.25, 0.3) is 6.08 Å². The topological polar surface area (TPSA) is 71.4 Å². The quantitative estimate of drug-likeness (QED) is 0.423. The Morgan fingerprint density at radius 1 is 1.30 bits per heavy atom. The van der Waals surface area contributed by atoms with Crippen LogP contribution in [0.2, 0.25) is 5.02 Å². The Hall–Kier alpha value is -3.23. The maximum atomic E-state index is 11.9. The SMILES string of the molecule is C=CCNC(=O)C(C#N)=Cc1ccc(OCc2ccccc2Cl)c(OC)c1. The van der Waals surface area contributed by atoms with Gasteiger partial charge in [-0.15, -0.1) is 6.58 Å². The number of halogens is 1. The molecule has 0 atom stereocenters. The number of benzene rings is 2. The molecule has 0 saturated heterocycles. The molecule has 0 unspecified atom stereocenters. The Labute approximate surface area is 163 Å². The lowest BCUT2D eigenvalue weighted by Crippen LogP contribution is -2.24. The van der Waals surface area contributed by atoms with Gasteiger partial charge < -0.3 is 14.8 Å². The lowest BCUT2D eigenvalue weighted by molar-refractivity contribution is -0.116. The molecule has 0 bridgehead atoms. The molecule has 0 aromatic heterocycles. The Kier molecular flexibility index (Phi) is 7.48. The Morgan fingerprint density at radius 3 is 2.74 bits per heavy atom. The lowest BCUT2D eigenvalue weighted by Gasteiger charge is -2.12. The number of methoxy groups -OCH3 is 1. The first kappa shape index (κ1) is 20.1. The fraction of sp³-hybridized carbons (Fsp3) is 0.143. The summed E-state index contributed by atoms with van der Waals surface area (Å²) in [5.74, 6) is 0.555. The van der Waals surface area contributed by atoms with E-state index in [2.05, 4.69) is 11.9 Å². The van der Waals surface area contributed by atoms with Gasteiger partial charge in [0.2, 0.25) is 0 Å². The van der Waals surface area contributed by atoms with Gasteiger partial charge in [-0.1, -0.05) is 41.9 Å². The van der Waals surface area contributed by atoms with E-state index in [1.54, 1.807) is 30.3 Å². The second-order valence-corrected chi connectivity index (χ2v) is 5.87. The highest BCUT2D eigenvalue weighted by Crippen LogP contribution is 2.30. The fourth-order valence-corrected chi connectivity index (χ4v) is 2.43. The zero-order valence-corrected chi connectivity index (χ0v) is 15.6. The monoisotopic (exact) mass is 382 g/mol. The van der Waals surface area contributed by atoms with Crippen LogP contribution < -0.4 is 14.8 Å². The van der Waals surface area contributed by atoms with E-state index in [0.29, 0.717) is 28.7 Å². The van der Waals surface area contributed by atoms with Crippen molar-refractivity contribution in [3.63, 3.8) is 0 Å². The van der Waals surface area contributed by atoms with Gasteiger partial charge in [-0.2, -0.15) is 5.26 Å². The first-order valence-electron chi connectivity index (χ1n) is 8.14. The predicted octanol–water partition coefficient (Wildman–Crippen LogP) is 4.14. The summed E-state index contributed by atoms with van der Waals surface area (Å²) in [6, 6.07) is 14.5. The minimum absolute atomic E-state index is 0.0105. The van der Waals surface area contributed by atoms with E-state index >= 15 is 0 Å². The van der Waals surface area contributed by atoms with Crippen LogP contribution in [0, 0.1) is 11.3 Å². The van der Waals surface area contributed by atoms with Crippen molar-refractivity contribution in [3.05, 3.63) is 76.8 Å². The van der Waals surface area contributed by atoms with Gasteiger partial charge in [-0.3, -0.25) is 4.79 Å². The molecular weight excluding hydrogens is 364 g/mol. The van der Waals surface area contributed by atoms with Gasteiger partial charge in [0.1, 0.15) is 18.2 Å². The summed E-state index contributed by atoms with van der Waals surface area (Å²) in [6.07, 6.45) is 3.03. The first-order valence-corrected chi connectivity index (χ1v) is 8.52. The number of hydrogen-bond donors (Lipinski definition) is 1. The fourth-order valence-electron chi connectivity index (χ4n) is 2.24. The number of nitrogens with one attached hydrogen (secondary N) is 1. The minimum atomic E-state index is -0.463. The molecule has 0 spiro atoms. The molecule has 5 nitrogen and oxygen atoms in total. The molecule has 1 amide bonds. The molecule has 2 aromatic carbocycles. The molecule has 2 aromatic rings. The largest absolute Gasteiger partial charge is 0.493 e. The average Bonchev–Trinajstić information content (AvgIpc) is 2.69. The van der Waals surface area contributed by atoms with E-state index in [4.69, 9.17) is 21.1 Å². The predicted molar refractivity (Wildman–Crippen MR) is 106 cm³/mol. The van der Waals surface area contributed by atoms with E-state index in [-0.39, 0.29) is 12.1 Å². The molecule has 0 saturated carbocycles. The van der Waals surface area contributed by atoms with Gasteiger partial charge in [-0.25, -0.2) is 0 Å². The Morgan fingerprint density at radius 2 is 2.07 bits per heavy atom. The van der Waals surface area contributed by atoms with Crippen LogP contribution in [0.3, 0.4) is 0 Å². The number of hydrogen-bond acceptors (Lipinski definition) is 4. The van der Waals surface area contributed by atoms with E-state index in [1.165, 1.54) is 13.2 Å². The van der Waals surface area contributed by atoms with Crippen LogP contribution in [0.15, 0.2) is 60.7 Å². The number of nitrogens with zero attached hydrogens (tertiary/aromatic N) is 1. The number of ether oxygens (including phenoxy) is 2. The maximum Gasteiger partial charge on any atom is 0.262 e. The number of amides is 1. The number of nitriles is 1. The Balaban J connectivity index is 2.18. The third-order valence-corrected chi connectivity index (χ3v) is 3.98. The maximum absolute atomic E-state index is 11.9. The molecule has 0 aliphatic heterocycles. The van der Waals surface area contributed by atoms with Crippen molar-refractivity contribution in [2.24, 2.45) is 0 Å². The third-order valence-electron chi connectivity index (χ3n) is 3.61. The molecule has 0 aliphatic carbocycles. The second kappa shape index (κ2) is 10.0. The summed E-state index contributed by atoms with van der Waals surface area (Å²) < 4.78 is 11.2. The van der Waals surface area contributed by atoms with E-state index in [0.717, 1.165) is 5.56 Å². The van der Waals surface area contributed by atoms with Crippen LogP contribution in [-0.2, 0) is 11.4 Å². The number of carbonyl (C=O) groups excluding carboxylic acids is 1. The van der Waals surface area contributed by atoms with Gasteiger partial charge in [-0.05, 0) is 29.8 Å². The minimum Gasteiger partial charge on any atom is -0.493 e. The van der Waals surface area contributed by atoms with Crippen molar-refractivity contribution in [2.45, 2.75) is 6.61 Å². The Bertz CT molecular complexity index is 901. The number of carbonyl (C=O) groups is 1. The van der Waals surface area contributed by atoms with Crippen molar-refractivity contribution in [1.82, 2.24) is 5.32 Å². The highest BCUT2D eigenvalue weighted by molar-refractivity contribution is 6.31. The smallest absolute Gasteiger partial charge is 0.262 e. The first-order chi connectivity index (χ1) is 13.1. The summed E-state index contributed by atoms with van der Waals surface area (Å²) in [6.45, 7) is 4.10. The van der Waals surface area contributed by atoms with Crippen molar-refractivity contribution >= 4 is 23.6 Å². The number of rotatable bonds is 8. The van der Waals surface area contributed by atoms with Crippen molar-refractivity contribution < 1.29 is 14.3 Å². The van der Waals surface area contributed by atoms with Gasteiger partial charge in [0.25, 0.3) is 5.91 Å². The van der Waals surface area contributed by atoms with Crippen LogP contribution in [0.4, 0.5) is 0 Å².